The second kappa shape index (κ2) is 10.3. The molecule has 3 aromatic carbocycles. The molecule has 0 aliphatic carbocycles. The van der Waals surface area contributed by atoms with Crippen molar-refractivity contribution in [2.45, 2.75) is 31.8 Å². The molecule has 1 aliphatic rings. The van der Waals surface area contributed by atoms with Crippen molar-refractivity contribution in [3.05, 3.63) is 102 Å². The lowest BCUT2D eigenvalue weighted by atomic mass is 9.89. The van der Waals surface area contributed by atoms with Crippen LogP contribution in [0.4, 0.5) is 0 Å². The van der Waals surface area contributed by atoms with E-state index in [0.717, 1.165) is 5.56 Å². The summed E-state index contributed by atoms with van der Waals surface area (Å²) in [6.07, 6.45) is -0.752. The highest BCUT2D eigenvalue weighted by molar-refractivity contribution is 7.54. The molecule has 0 bridgehead atoms. The van der Waals surface area contributed by atoms with Gasteiger partial charge < -0.3 is 18.7 Å². The average Bonchev–Trinajstić information content (AvgIpc) is 2.85. The SMILES string of the molecule is CCOP(=O)(OCC)C(c1ccccc1)N1C(=O)[C@H](Oc2ccccc2)[C@@H]1c1ccccc1. The van der Waals surface area contributed by atoms with E-state index in [1.165, 1.54) is 0 Å². The van der Waals surface area contributed by atoms with Crippen molar-refractivity contribution < 1.29 is 23.1 Å². The van der Waals surface area contributed by atoms with Crippen LogP contribution >= 0.6 is 7.60 Å². The zero-order valence-electron chi connectivity index (χ0n) is 18.7. The van der Waals surface area contributed by atoms with Gasteiger partial charge in [-0.05, 0) is 37.1 Å². The number of likely N-dealkylation sites (tertiary alicyclic amines) is 1. The predicted octanol–water partition coefficient (Wildman–Crippen LogP) is 5.98. The second-order valence-corrected chi connectivity index (χ2v) is 9.70. The fourth-order valence-electron chi connectivity index (χ4n) is 4.16. The molecule has 1 amide bonds. The molecule has 0 saturated carbocycles. The average molecular weight is 465 g/mol. The Morgan fingerprint density at radius 1 is 0.818 bits per heavy atom. The number of amides is 1. The summed E-state index contributed by atoms with van der Waals surface area (Å²) in [5.41, 5.74) is 1.58. The third-order valence-electron chi connectivity index (χ3n) is 5.51. The van der Waals surface area contributed by atoms with Crippen molar-refractivity contribution in [1.29, 1.82) is 0 Å². The van der Waals surface area contributed by atoms with Crippen molar-refractivity contribution in [1.82, 2.24) is 4.90 Å². The van der Waals surface area contributed by atoms with E-state index < -0.39 is 25.5 Å². The smallest absolute Gasteiger partial charge is 0.357 e. The summed E-state index contributed by atoms with van der Waals surface area (Å²) in [6.45, 7) is 3.93. The van der Waals surface area contributed by atoms with E-state index >= 15 is 0 Å². The highest BCUT2D eigenvalue weighted by atomic mass is 31.2. The number of rotatable bonds is 10. The number of para-hydroxylation sites is 1. The molecule has 1 saturated heterocycles. The van der Waals surface area contributed by atoms with Gasteiger partial charge in [-0.15, -0.1) is 0 Å². The Balaban J connectivity index is 1.79. The molecule has 1 aliphatic heterocycles. The zero-order chi connectivity index (χ0) is 23.3. The predicted molar refractivity (Wildman–Crippen MR) is 127 cm³/mol. The molecule has 3 aromatic rings. The Labute approximate surface area is 194 Å². The van der Waals surface area contributed by atoms with Gasteiger partial charge in [0.15, 0.2) is 5.78 Å². The quantitative estimate of drug-likeness (QED) is 0.272. The van der Waals surface area contributed by atoms with Crippen LogP contribution in [0.2, 0.25) is 0 Å². The Bertz CT molecular complexity index is 1080. The minimum Gasteiger partial charge on any atom is -0.478 e. The van der Waals surface area contributed by atoms with Crippen LogP contribution in [0.15, 0.2) is 91.0 Å². The van der Waals surface area contributed by atoms with Crippen molar-refractivity contribution in [3.63, 3.8) is 0 Å². The van der Waals surface area contributed by atoms with Crippen LogP contribution in [-0.2, 0) is 18.4 Å². The van der Waals surface area contributed by atoms with Gasteiger partial charge in [-0.2, -0.15) is 0 Å². The Kier molecular flexibility index (Phi) is 7.29. The van der Waals surface area contributed by atoms with Gasteiger partial charge in [0.2, 0.25) is 6.10 Å². The van der Waals surface area contributed by atoms with Crippen molar-refractivity contribution in [3.8, 4) is 5.75 Å². The number of hydrogen-bond donors (Lipinski definition) is 0. The first-order chi connectivity index (χ1) is 16.1. The van der Waals surface area contributed by atoms with Gasteiger partial charge in [0.1, 0.15) is 11.8 Å². The molecule has 0 radical (unpaired) electrons. The highest BCUT2D eigenvalue weighted by Gasteiger charge is 2.58. The van der Waals surface area contributed by atoms with E-state index in [9.17, 15) is 9.36 Å². The summed E-state index contributed by atoms with van der Waals surface area (Å²) in [4.78, 5) is 15.2. The van der Waals surface area contributed by atoms with E-state index in [0.29, 0.717) is 11.3 Å². The maximum atomic E-state index is 14.1. The monoisotopic (exact) mass is 465 g/mol. The zero-order valence-corrected chi connectivity index (χ0v) is 19.6. The van der Waals surface area contributed by atoms with E-state index in [4.69, 9.17) is 13.8 Å². The summed E-state index contributed by atoms with van der Waals surface area (Å²) in [7, 11) is -3.73. The van der Waals surface area contributed by atoms with Gasteiger partial charge in [-0.25, -0.2) is 0 Å². The largest absolute Gasteiger partial charge is 0.478 e. The fourth-order valence-corrected chi connectivity index (χ4v) is 6.34. The molecule has 1 unspecified atom stereocenters. The first-order valence-corrected chi connectivity index (χ1v) is 12.7. The number of carbonyl (C=O) groups is 1. The molecule has 3 atom stereocenters. The minimum absolute atomic E-state index is 0.197. The van der Waals surface area contributed by atoms with Gasteiger partial charge in [0, 0.05) is 0 Å². The normalized spacial score (nSPS) is 19.1. The highest BCUT2D eigenvalue weighted by Crippen LogP contribution is 2.65. The number of carbonyl (C=O) groups excluding carboxylic acids is 1. The second-order valence-electron chi connectivity index (χ2n) is 7.61. The maximum absolute atomic E-state index is 14.1. The van der Waals surface area contributed by atoms with Gasteiger partial charge in [0.25, 0.3) is 5.91 Å². The van der Waals surface area contributed by atoms with Crippen molar-refractivity contribution in [2.75, 3.05) is 13.2 Å². The van der Waals surface area contributed by atoms with E-state index in [-0.39, 0.29) is 19.1 Å². The molecule has 4 rings (SSSR count). The van der Waals surface area contributed by atoms with E-state index in [1.807, 2.05) is 91.0 Å². The first-order valence-electron chi connectivity index (χ1n) is 11.1. The summed E-state index contributed by atoms with van der Waals surface area (Å²) in [6, 6.07) is 27.7. The number of hydrogen-bond acceptors (Lipinski definition) is 5. The Morgan fingerprint density at radius 2 is 1.33 bits per heavy atom. The van der Waals surface area contributed by atoms with Crippen LogP contribution < -0.4 is 4.74 Å². The fraction of sp³-hybridized carbons (Fsp3) is 0.269. The Hall–Kier alpha value is -2.92. The van der Waals surface area contributed by atoms with Crippen molar-refractivity contribution >= 4 is 13.5 Å². The van der Waals surface area contributed by atoms with Crippen LogP contribution in [0, 0.1) is 0 Å². The van der Waals surface area contributed by atoms with Gasteiger partial charge in [0.05, 0.1) is 13.2 Å². The van der Waals surface area contributed by atoms with Crippen LogP contribution in [0.1, 0.15) is 36.8 Å². The topological polar surface area (TPSA) is 65.1 Å². The molecule has 1 fully saturated rings. The molecule has 172 valence electrons. The lowest BCUT2D eigenvalue weighted by Gasteiger charge is -2.51. The summed E-state index contributed by atoms with van der Waals surface area (Å²) >= 11 is 0. The molecular formula is C26H28NO5P. The van der Waals surface area contributed by atoms with E-state index in [2.05, 4.69) is 0 Å². The maximum Gasteiger partial charge on any atom is 0.357 e. The van der Waals surface area contributed by atoms with Gasteiger partial charge >= 0.3 is 7.60 Å². The van der Waals surface area contributed by atoms with Crippen LogP contribution in [0.5, 0.6) is 5.75 Å². The number of nitrogens with zero attached hydrogens (tertiary/aromatic N) is 1. The summed E-state index contributed by atoms with van der Waals surface area (Å²) in [5, 5.41) is 0. The third-order valence-corrected chi connectivity index (χ3v) is 7.89. The lowest BCUT2D eigenvalue weighted by Crippen LogP contribution is -2.62. The first kappa shape index (κ1) is 23.2. The third kappa shape index (κ3) is 4.74. The molecule has 1 heterocycles. The Morgan fingerprint density at radius 3 is 1.88 bits per heavy atom. The minimum atomic E-state index is -3.73. The molecule has 0 spiro atoms. The number of benzene rings is 3. The lowest BCUT2D eigenvalue weighted by molar-refractivity contribution is -0.167. The molecule has 6 nitrogen and oxygen atoms in total. The van der Waals surface area contributed by atoms with Crippen LogP contribution in [-0.4, -0.2) is 30.1 Å². The van der Waals surface area contributed by atoms with Crippen molar-refractivity contribution in [2.24, 2.45) is 0 Å². The molecule has 0 aromatic heterocycles. The van der Waals surface area contributed by atoms with Crippen LogP contribution in [0.25, 0.3) is 0 Å². The molecule has 0 N–H and O–H groups in total. The molecule has 7 heteroatoms. The van der Waals surface area contributed by atoms with E-state index in [1.54, 1.807) is 18.7 Å². The summed E-state index contributed by atoms with van der Waals surface area (Å²) in [5.74, 6) is -0.557. The van der Waals surface area contributed by atoms with Gasteiger partial charge in [-0.3, -0.25) is 9.36 Å². The molecule has 33 heavy (non-hydrogen) atoms. The van der Waals surface area contributed by atoms with Crippen LogP contribution in [0.3, 0.4) is 0 Å². The van der Waals surface area contributed by atoms with Gasteiger partial charge in [-0.1, -0.05) is 78.9 Å². The molecular weight excluding hydrogens is 437 g/mol. The number of β-lactam (4-membered cyclic amide) rings is 1. The number of ether oxygens (including phenoxy) is 1. The summed E-state index contributed by atoms with van der Waals surface area (Å²) < 4.78 is 31.6. The standard InChI is InChI=1S/C26H28NO5P/c1-3-30-33(29,31-4-2)26(21-16-10-6-11-17-21)27-23(20-14-8-5-9-15-20)24(25(27)28)32-22-18-12-7-13-19-22/h5-19,23-24,26H,3-4H2,1-2H3/t23-,24+,26?/m0/s1.